The zero-order chi connectivity index (χ0) is 13.6. The van der Waals surface area contributed by atoms with Crippen LogP contribution in [0.15, 0.2) is 70.5 Å². The maximum Gasteiger partial charge on any atom is 0.0806 e. The molecule has 0 bridgehead atoms. The van der Waals surface area contributed by atoms with E-state index in [-0.39, 0.29) is 0 Å². The van der Waals surface area contributed by atoms with Gasteiger partial charge >= 0.3 is 0 Å². The third-order valence-corrected chi connectivity index (χ3v) is 5.33. The third kappa shape index (κ3) is 5.31. The molecule has 19 heavy (non-hydrogen) atoms. The molecule has 0 aliphatic heterocycles. The first-order valence-electron chi connectivity index (χ1n) is 6.24. The quantitative estimate of drug-likeness (QED) is 0.800. The molecule has 0 aliphatic rings. The number of thioether (sulfide) groups is 2. The van der Waals surface area contributed by atoms with Gasteiger partial charge in [0.25, 0.3) is 0 Å². The molecule has 0 heterocycles. The molecule has 2 aromatic rings. The molecule has 1 N–H and O–H groups in total. The van der Waals surface area contributed by atoms with E-state index in [4.69, 9.17) is 0 Å². The molecular formula is C16H18OS2. The van der Waals surface area contributed by atoms with Crippen molar-refractivity contribution in [2.45, 2.75) is 22.3 Å². The van der Waals surface area contributed by atoms with Crippen molar-refractivity contribution in [2.24, 2.45) is 0 Å². The smallest absolute Gasteiger partial charge is 0.0806 e. The zero-order valence-corrected chi connectivity index (χ0v) is 12.6. The Morgan fingerprint density at radius 3 is 1.53 bits per heavy atom. The van der Waals surface area contributed by atoms with E-state index in [1.54, 1.807) is 23.5 Å². The second-order valence-corrected chi connectivity index (χ2v) is 6.80. The highest BCUT2D eigenvalue weighted by Gasteiger charge is 2.20. The van der Waals surface area contributed by atoms with Crippen molar-refractivity contribution < 1.29 is 5.11 Å². The van der Waals surface area contributed by atoms with Crippen LogP contribution in [0, 0.1) is 0 Å². The van der Waals surface area contributed by atoms with E-state index in [2.05, 4.69) is 24.3 Å². The maximum absolute atomic E-state index is 10.4. The van der Waals surface area contributed by atoms with Crippen LogP contribution in [0.1, 0.15) is 6.92 Å². The Morgan fingerprint density at radius 2 is 1.16 bits per heavy atom. The first-order valence-corrected chi connectivity index (χ1v) is 8.21. The summed E-state index contributed by atoms with van der Waals surface area (Å²) >= 11 is 3.40. The molecule has 100 valence electrons. The van der Waals surface area contributed by atoms with Gasteiger partial charge in [-0.15, -0.1) is 23.5 Å². The third-order valence-electron chi connectivity index (χ3n) is 2.59. The van der Waals surface area contributed by atoms with Gasteiger partial charge < -0.3 is 5.11 Å². The fraction of sp³-hybridized carbons (Fsp3) is 0.250. The molecule has 2 rings (SSSR count). The summed E-state index contributed by atoms with van der Waals surface area (Å²) in [5.41, 5.74) is -0.666. The highest BCUT2D eigenvalue weighted by molar-refractivity contribution is 8.00. The van der Waals surface area contributed by atoms with Gasteiger partial charge in [-0.05, 0) is 31.2 Å². The molecule has 0 radical (unpaired) electrons. The van der Waals surface area contributed by atoms with Crippen LogP contribution in [-0.4, -0.2) is 22.2 Å². The predicted octanol–water partition coefficient (Wildman–Crippen LogP) is 4.32. The molecule has 0 unspecified atom stereocenters. The lowest BCUT2D eigenvalue weighted by Crippen LogP contribution is -2.30. The SMILES string of the molecule is CC(O)(CSc1ccccc1)CSc1ccccc1. The Balaban J connectivity index is 1.82. The molecule has 0 atom stereocenters. The fourth-order valence-electron chi connectivity index (χ4n) is 1.55. The highest BCUT2D eigenvalue weighted by atomic mass is 32.2. The van der Waals surface area contributed by atoms with Crippen LogP contribution < -0.4 is 0 Å². The van der Waals surface area contributed by atoms with Crippen LogP contribution in [0.4, 0.5) is 0 Å². The number of rotatable bonds is 6. The lowest BCUT2D eigenvalue weighted by molar-refractivity contribution is 0.112. The lowest BCUT2D eigenvalue weighted by Gasteiger charge is -2.22. The predicted molar refractivity (Wildman–Crippen MR) is 85.0 cm³/mol. The average Bonchev–Trinajstić information content (AvgIpc) is 2.46. The van der Waals surface area contributed by atoms with Gasteiger partial charge in [-0.1, -0.05) is 36.4 Å². The molecule has 0 saturated carbocycles. The number of benzene rings is 2. The summed E-state index contributed by atoms with van der Waals surface area (Å²) in [7, 11) is 0. The van der Waals surface area contributed by atoms with Crippen LogP contribution in [0.3, 0.4) is 0 Å². The molecule has 0 saturated heterocycles. The molecule has 1 nitrogen and oxygen atoms in total. The Morgan fingerprint density at radius 1 is 0.789 bits per heavy atom. The number of hydrogen-bond acceptors (Lipinski definition) is 3. The van der Waals surface area contributed by atoms with Gasteiger partial charge in [-0.3, -0.25) is 0 Å². The van der Waals surface area contributed by atoms with Crippen LogP contribution >= 0.6 is 23.5 Å². The van der Waals surface area contributed by atoms with E-state index in [0.29, 0.717) is 11.5 Å². The summed E-state index contributed by atoms with van der Waals surface area (Å²) in [5, 5.41) is 10.4. The molecule has 0 aromatic heterocycles. The van der Waals surface area contributed by atoms with Gasteiger partial charge in [0.15, 0.2) is 0 Å². The lowest BCUT2D eigenvalue weighted by atomic mass is 10.2. The number of hydrogen-bond donors (Lipinski definition) is 1. The summed E-state index contributed by atoms with van der Waals surface area (Å²) in [4.78, 5) is 2.40. The van der Waals surface area contributed by atoms with Gasteiger partial charge in [0.05, 0.1) is 5.60 Å². The molecule has 2 aromatic carbocycles. The van der Waals surface area contributed by atoms with Crippen LogP contribution in [0.5, 0.6) is 0 Å². The second kappa shape index (κ2) is 7.04. The van der Waals surface area contributed by atoms with E-state index in [9.17, 15) is 5.11 Å². The topological polar surface area (TPSA) is 20.2 Å². The van der Waals surface area contributed by atoms with E-state index in [0.717, 1.165) is 0 Å². The maximum atomic E-state index is 10.4. The largest absolute Gasteiger partial charge is 0.388 e. The van der Waals surface area contributed by atoms with Crippen molar-refractivity contribution in [2.75, 3.05) is 11.5 Å². The minimum Gasteiger partial charge on any atom is -0.388 e. The molecule has 0 amide bonds. The second-order valence-electron chi connectivity index (χ2n) is 4.70. The molecule has 0 spiro atoms. The first-order chi connectivity index (χ1) is 9.16. The van der Waals surface area contributed by atoms with E-state index in [1.165, 1.54) is 9.79 Å². The van der Waals surface area contributed by atoms with Crippen LogP contribution in [-0.2, 0) is 0 Å². The van der Waals surface area contributed by atoms with Gasteiger partial charge in [0, 0.05) is 21.3 Å². The van der Waals surface area contributed by atoms with Gasteiger partial charge in [0.2, 0.25) is 0 Å². The summed E-state index contributed by atoms with van der Waals surface area (Å²) in [6.07, 6.45) is 0. The van der Waals surface area contributed by atoms with Crippen molar-refractivity contribution in [3.8, 4) is 0 Å². The van der Waals surface area contributed by atoms with Crippen molar-refractivity contribution in [1.82, 2.24) is 0 Å². The minimum absolute atomic E-state index is 0.666. The van der Waals surface area contributed by atoms with Gasteiger partial charge in [0.1, 0.15) is 0 Å². The van der Waals surface area contributed by atoms with E-state index in [1.807, 2.05) is 43.3 Å². The minimum atomic E-state index is -0.666. The summed E-state index contributed by atoms with van der Waals surface area (Å²) in [6.45, 7) is 1.90. The van der Waals surface area contributed by atoms with Crippen molar-refractivity contribution in [3.63, 3.8) is 0 Å². The standard InChI is InChI=1S/C16H18OS2/c1-16(17,12-18-14-8-4-2-5-9-14)13-19-15-10-6-3-7-11-15/h2-11,17H,12-13H2,1H3. The van der Waals surface area contributed by atoms with Crippen LogP contribution in [0.25, 0.3) is 0 Å². The van der Waals surface area contributed by atoms with Gasteiger partial charge in [-0.25, -0.2) is 0 Å². The van der Waals surface area contributed by atoms with Crippen molar-refractivity contribution in [3.05, 3.63) is 60.7 Å². The van der Waals surface area contributed by atoms with E-state index < -0.39 is 5.60 Å². The Labute approximate surface area is 123 Å². The van der Waals surface area contributed by atoms with Crippen LogP contribution in [0.2, 0.25) is 0 Å². The number of aliphatic hydroxyl groups is 1. The van der Waals surface area contributed by atoms with Gasteiger partial charge in [-0.2, -0.15) is 0 Å². The average molecular weight is 290 g/mol. The van der Waals surface area contributed by atoms with Crippen molar-refractivity contribution in [1.29, 1.82) is 0 Å². The summed E-state index contributed by atoms with van der Waals surface area (Å²) in [6, 6.07) is 20.4. The Hall–Kier alpha value is -0.900. The summed E-state index contributed by atoms with van der Waals surface area (Å²) < 4.78 is 0. The summed E-state index contributed by atoms with van der Waals surface area (Å²) in [5.74, 6) is 1.41. The fourth-order valence-corrected chi connectivity index (χ4v) is 3.54. The van der Waals surface area contributed by atoms with E-state index >= 15 is 0 Å². The molecule has 0 fully saturated rings. The normalized spacial score (nSPS) is 11.5. The molecular weight excluding hydrogens is 272 g/mol. The Bertz CT molecular complexity index is 437. The monoisotopic (exact) mass is 290 g/mol. The molecule has 0 aliphatic carbocycles. The first kappa shape index (κ1) is 14.5. The Kier molecular flexibility index (Phi) is 5.37. The molecule has 3 heteroatoms. The zero-order valence-electron chi connectivity index (χ0n) is 11.0. The highest BCUT2D eigenvalue weighted by Crippen LogP contribution is 2.27. The van der Waals surface area contributed by atoms with Crippen molar-refractivity contribution >= 4 is 23.5 Å².